The third-order valence-corrected chi connectivity index (χ3v) is 7.42. The van der Waals surface area contributed by atoms with Crippen molar-refractivity contribution in [3.8, 4) is 11.8 Å². The number of hydrogen-bond acceptors (Lipinski definition) is 2. The molecule has 3 heteroatoms. The van der Waals surface area contributed by atoms with Gasteiger partial charge in [0.05, 0.1) is 17.1 Å². The molecule has 0 N–H and O–H groups in total. The Morgan fingerprint density at radius 1 is 0.512 bits per heavy atom. The molecule has 0 heterocycles. The van der Waals surface area contributed by atoms with Crippen LogP contribution in [0.25, 0.3) is 0 Å². The number of hydrogen-bond donors (Lipinski definition) is 0. The summed E-state index contributed by atoms with van der Waals surface area (Å²) in [5.74, 6) is 6.86. The van der Waals surface area contributed by atoms with Gasteiger partial charge in [-0.1, -0.05) is 159 Å². The van der Waals surface area contributed by atoms with E-state index >= 15 is 0 Å². The van der Waals surface area contributed by atoms with Gasteiger partial charge in [-0.3, -0.25) is 4.99 Å². The van der Waals surface area contributed by atoms with E-state index in [1.807, 2.05) is 48.5 Å². The molecule has 0 saturated carbocycles. The molecule has 0 spiro atoms. The molecule has 0 aromatic heterocycles. The van der Waals surface area contributed by atoms with Gasteiger partial charge in [-0.15, -0.1) is 0 Å². The summed E-state index contributed by atoms with van der Waals surface area (Å²) in [7, 11) is 0. The number of para-hydroxylation sites is 2. The van der Waals surface area contributed by atoms with Gasteiger partial charge in [0.25, 0.3) is 0 Å². The van der Waals surface area contributed by atoms with E-state index in [-0.39, 0.29) is 16.5 Å². The van der Waals surface area contributed by atoms with Gasteiger partial charge >= 0.3 is 0 Å². The van der Waals surface area contributed by atoms with Crippen molar-refractivity contribution in [1.82, 2.24) is 0 Å². The minimum absolute atomic E-state index is 0. The minimum Gasteiger partial charge on any atom is -0.251 e. The van der Waals surface area contributed by atoms with Crippen molar-refractivity contribution in [2.45, 2.75) is 142 Å². The quantitative estimate of drug-likeness (QED) is 0.0557. The van der Waals surface area contributed by atoms with Gasteiger partial charge in [0.2, 0.25) is 0 Å². The maximum Gasteiger partial charge on any atom is 0.135 e. The number of unbranched alkanes of at least 4 members (excludes halogenated alkanes) is 17. The van der Waals surface area contributed by atoms with E-state index in [2.05, 4.69) is 37.8 Å². The Morgan fingerprint density at radius 2 is 0.927 bits per heavy atom. The van der Waals surface area contributed by atoms with Gasteiger partial charge < -0.3 is 0 Å². The average Bonchev–Trinajstić information content (AvgIpc) is 2.99. The minimum atomic E-state index is 0. The fourth-order valence-corrected chi connectivity index (χ4v) is 4.93. The molecule has 2 rings (SSSR count). The zero-order valence-electron chi connectivity index (χ0n) is 26.1. The zero-order valence-corrected chi connectivity index (χ0v) is 27.1. The summed E-state index contributed by atoms with van der Waals surface area (Å²) in [6.07, 6.45) is 26.3. The third kappa shape index (κ3) is 19.6. The second kappa shape index (κ2) is 26.7. The monoisotopic (exact) mass is 598 g/mol. The standard InChI is InChI=1S/C38H56N2.Ni/c1-3-5-7-8-9-10-11-12-13-14-15-16-17-18-19-20-21-28-34-38(40-36-31-26-23-27-32-36)37(33-6-4-2)39-35-29-24-22-25-30-35;/h22-27,29-32H,3-21,33H2,1-2H3;. The van der Waals surface area contributed by atoms with E-state index in [0.717, 1.165) is 48.5 Å². The molecule has 0 saturated heterocycles. The molecule has 41 heavy (non-hydrogen) atoms. The molecule has 2 aromatic rings. The molecule has 0 amide bonds. The van der Waals surface area contributed by atoms with Crippen molar-refractivity contribution in [2.75, 3.05) is 0 Å². The van der Waals surface area contributed by atoms with E-state index < -0.39 is 0 Å². The Kier molecular flexibility index (Phi) is 24.0. The van der Waals surface area contributed by atoms with Crippen molar-refractivity contribution in [3.63, 3.8) is 0 Å². The first-order valence-corrected chi connectivity index (χ1v) is 16.6. The van der Waals surface area contributed by atoms with E-state index in [0.29, 0.717) is 0 Å². The Labute approximate surface area is 263 Å². The molecule has 0 aliphatic rings. The third-order valence-electron chi connectivity index (χ3n) is 7.42. The smallest absolute Gasteiger partial charge is 0.135 e. The van der Waals surface area contributed by atoms with E-state index in [1.54, 1.807) is 0 Å². The molecule has 0 fully saturated rings. The first-order valence-electron chi connectivity index (χ1n) is 16.6. The maximum atomic E-state index is 4.97. The second-order valence-corrected chi connectivity index (χ2v) is 11.1. The summed E-state index contributed by atoms with van der Waals surface area (Å²) >= 11 is 0. The van der Waals surface area contributed by atoms with Crippen LogP contribution < -0.4 is 0 Å². The molecule has 0 unspecified atom stereocenters. The van der Waals surface area contributed by atoms with Gasteiger partial charge in [0.1, 0.15) is 5.71 Å². The van der Waals surface area contributed by atoms with Gasteiger partial charge in [0, 0.05) is 22.9 Å². The Hall–Kier alpha value is -2.17. The normalized spacial score (nSPS) is 11.6. The Morgan fingerprint density at radius 3 is 1.39 bits per heavy atom. The number of benzene rings is 2. The number of nitrogens with zero attached hydrogens (tertiary/aromatic N) is 2. The maximum absolute atomic E-state index is 4.97. The van der Waals surface area contributed by atoms with Crippen LogP contribution in [0.1, 0.15) is 142 Å². The van der Waals surface area contributed by atoms with E-state index in [4.69, 9.17) is 9.98 Å². The second-order valence-electron chi connectivity index (χ2n) is 11.1. The number of rotatable bonds is 22. The molecule has 0 radical (unpaired) electrons. The zero-order chi connectivity index (χ0) is 28.4. The van der Waals surface area contributed by atoms with E-state index in [1.165, 1.54) is 103 Å². The molecular formula is C38H56N2Ni. The van der Waals surface area contributed by atoms with Crippen LogP contribution in [0.5, 0.6) is 0 Å². The summed E-state index contributed by atoms with van der Waals surface area (Å²) in [6.45, 7) is 4.51. The first-order chi connectivity index (χ1) is 19.8. The van der Waals surface area contributed by atoms with Crippen molar-refractivity contribution >= 4 is 22.8 Å². The summed E-state index contributed by atoms with van der Waals surface area (Å²) in [5.41, 5.74) is 3.72. The van der Waals surface area contributed by atoms with E-state index in [9.17, 15) is 0 Å². The molecule has 0 aliphatic heterocycles. The van der Waals surface area contributed by atoms with Gasteiger partial charge in [0.15, 0.2) is 0 Å². The van der Waals surface area contributed by atoms with Crippen LogP contribution in [0.4, 0.5) is 11.4 Å². The van der Waals surface area contributed by atoms with Gasteiger partial charge in [-0.05, 0) is 49.4 Å². The molecule has 0 atom stereocenters. The Bertz CT molecular complexity index is 985. The van der Waals surface area contributed by atoms with Crippen LogP contribution in [0.15, 0.2) is 70.6 Å². The first kappa shape index (κ1) is 36.9. The van der Waals surface area contributed by atoms with Crippen molar-refractivity contribution < 1.29 is 16.5 Å². The van der Waals surface area contributed by atoms with Crippen LogP contribution >= 0.6 is 0 Å². The van der Waals surface area contributed by atoms with Crippen molar-refractivity contribution in [3.05, 3.63) is 60.7 Å². The number of aliphatic imine (C=N–C) groups is 2. The molecule has 2 aromatic carbocycles. The van der Waals surface area contributed by atoms with Crippen LogP contribution in [0.2, 0.25) is 0 Å². The molecular weight excluding hydrogens is 543 g/mol. The SMILES string of the molecule is CCCCCCCCCCCCCCCCCCC#CC(=Nc1ccccc1)C(CCCC)=Nc1ccccc1.[Ni]. The topological polar surface area (TPSA) is 24.7 Å². The predicted molar refractivity (Wildman–Crippen MR) is 179 cm³/mol. The molecule has 0 aliphatic carbocycles. The van der Waals surface area contributed by atoms with Crippen molar-refractivity contribution in [1.29, 1.82) is 0 Å². The van der Waals surface area contributed by atoms with Gasteiger partial charge in [-0.25, -0.2) is 4.99 Å². The van der Waals surface area contributed by atoms with Crippen LogP contribution in [0, 0.1) is 11.8 Å². The summed E-state index contributed by atoms with van der Waals surface area (Å²) < 4.78 is 0. The molecule has 2 nitrogen and oxygen atoms in total. The largest absolute Gasteiger partial charge is 0.251 e. The van der Waals surface area contributed by atoms with Crippen LogP contribution in [-0.2, 0) is 16.5 Å². The summed E-state index contributed by atoms with van der Waals surface area (Å²) in [5, 5.41) is 0. The Balaban J connectivity index is 0.00000840. The average molecular weight is 600 g/mol. The van der Waals surface area contributed by atoms with Crippen LogP contribution in [-0.4, -0.2) is 11.4 Å². The molecule has 228 valence electrons. The van der Waals surface area contributed by atoms with Gasteiger partial charge in [-0.2, -0.15) is 0 Å². The summed E-state index contributed by atoms with van der Waals surface area (Å²) in [6, 6.07) is 20.4. The fraction of sp³-hybridized carbons (Fsp3) is 0.579. The van der Waals surface area contributed by atoms with Crippen molar-refractivity contribution in [2.24, 2.45) is 9.98 Å². The molecule has 0 bridgehead atoms. The summed E-state index contributed by atoms with van der Waals surface area (Å²) in [4.78, 5) is 9.91. The fourth-order valence-electron chi connectivity index (χ4n) is 4.93. The predicted octanol–water partition coefficient (Wildman–Crippen LogP) is 12.4. The van der Waals surface area contributed by atoms with Crippen LogP contribution in [0.3, 0.4) is 0 Å².